The van der Waals surface area contributed by atoms with Crippen molar-refractivity contribution in [1.82, 2.24) is 9.88 Å². The van der Waals surface area contributed by atoms with Gasteiger partial charge in [-0.25, -0.2) is 4.39 Å². The third-order valence-electron chi connectivity index (χ3n) is 3.82. The number of nitrogens with zero attached hydrogens (tertiary/aromatic N) is 1. The number of hydrogen-bond acceptors (Lipinski definition) is 2. The third-order valence-corrected chi connectivity index (χ3v) is 3.82. The van der Waals surface area contributed by atoms with Gasteiger partial charge in [-0.1, -0.05) is 12.1 Å². The van der Waals surface area contributed by atoms with Crippen molar-refractivity contribution in [1.29, 1.82) is 0 Å². The summed E-state index contributed by atoms with van der Waals surface area (Å²) in [5.41, 5.74) is 0.661. The lowest BCUT2D eigenvalue weighted by Gasteiger charge is -2.24. The molecule has 1 atom stereocenters. The predicted molar refractivity (Wildman–Crippen MR) is 76.5 cm³/mol. The second-order valence-electron chi connectivity index (χ2n) is 5.12. The van der Waals surface area contributed by atoms with Gasteiger partial charge in [0.15, 0.2) is 0 Å². The highest BCUT2D eigenvalue weighted by Crippen LogP contribution is 2.32. The first-order valence-electron chi connectivity index (χ1n) is 6.91. The molecule has 108 valence electrons. The van der Waals surface area contributed by atoms with Gasteiger partial charge in [0, 0.05) is 12.7 Å². The molecule has 2 aromatic rings. The second kappa shape index (κ2) is 5.52. The highest BCUT2D eigenvalue weighted by molar-refractivity contribution is 5.94. The standard InChI is InChI=1S/C16H15FN2O2/c17-12-7-5-11(6-8-12)14-4-2-10-19(14)16(21)13-3-1-9-18-15(13)20/h1,3,5-9,14H,2,4,10H2,(H,18,20)/t14-/m0/s1. The minimum atomic E-state index is -0.382. The summed E-state index contributed by atoms with van der Waals surface area (Å²) in [5, 5.41) is 0. The van der Waals surface area contributed by atoms with Gasteiger partial charge in [0.05, 0.1) is 6.04 Å². The first kappa shape index (κ1) is 13.5. The molecular weight excluding hydrogens is 271 g/mol. The number of benzene rings is 1. The molecule has 4 nitrogen and oxygen atoms in total. The number of amides is 1. The zero-order valence-electron chi connectivity index (χ0n) is 11.4. The average molecular weight is 286 g/mol. The number of pyridine rings is 1. The van der Waals surface area contributed by atoms with Crippen molar-refractivity contribution in [3.05, 3.63) is 69.9 Å². The fourth-order valence-corrected chi connectivity index (χ4v) is 2.79. The lowest BCUT2D eigenvalue weighted by Crippen LogP contribution is -2.34. The smallest absolute Gasteiger partial charge is 0.260 e. The van der Waals surface area contributed by atoms with E-state index < -0.39 is 0 Å². The molecule has 5 heteroatoms. The van der Waals surface area contributed by atoms with Gasteiger partial charge in [0.25, 0.3) is 11.5 Å². The van der Waals surface area contributed by atoms with Gasteiger partial charge in [0.1, 0.15) is 11.4 Å². The van der Waals surface area contributed by atoms with Crippen molar-refractivity contribution >= 4 is 5.91 Å². The summed E-state index contributed by atoms with van der Waals surface area (Å²) in [6.45, 7) is 0.606. The lowest BCUT2D eigenvalue weighted by molar-refractivity contribution is 0.0734. The van der Waals surface area contributed by atoms with E-state index in [-0.39, 0.29) is 28.9 Å². The Labute approximate surface area is 121 Å². The van der Waals surface area contributed by atoms with E-state index in [4.69, 9.17) is 0 Å². The van der Waals surface area contributed by atoms with Crippen molar-refractivity contribution < 1.29 is 9.18 Å². The molecule has 1 amide bonds. The van der Waals surface area contributed by atoms with Crippen LogP contribution in [-0.2, 0) is 0 Å². The predicted octanol–water partition coefficient (Wildman–Crippen LogP) is 2.49. The third kappa shape index (κ3) is 2.59. The van der Waals surface area contributed by atoms with Crippen LogP contribution < -0.4 is 5.56 Å². The molecule has 0 bridgehead atoms. The van der Waals surface area contributed by atoms with Gasteiger partial charge in [-0.05, 0) is 42.7 Å². The Kier molecular flexibility index (Phi) is 3.56. The van der Waals surface area contributed by atoms with E-state index in [9.17, 15) is 14.0 Å². The largest absolute Gasteiger partial charge is 0.331 e. The monoisotopic (exact) mass is 286 g/mol. The van der Waals surface area contributed by atoms with E-state index in [0.717, 1.165) is 18.4 Å². The number of aromatic amines is 1. The average Bonchev–Trinajstić information content (AvgIpc) is 2.97. The lowest BCUT2D eigenvalue weighted by atomic mass is 10.0. The Bertz CT molecular complexity index is 709. The van der Waals surface area contributed by atoms with Crippen molar-refractivity contribution in [3.8, 4) is 0 Å². The van der Waals surface area contributed by atoms with E-state index in [2.05, 4.69) is 4.98 Å². The van der Waals surface area contributed by atoms with Crippen LogP contribution in [0.5, 0.6) is 0 Å². The number of carbonyl (C=O) groups excluding carboxylic acids is 1. The van der Waals surface area contributed by atoms with Gasteiger partial charge >= 0.3 is 0 Å². The molecule has 2 heterocycles. The molecule has 1 fully saturated rings. The molecule has 0 radical (unpaired) electrons. The number of aromatic nitrogens is 1. The van der Waals surface area contributed by atoms with Gasteiger partial charge in [0.2, 0.25) is 0 Å². The van der Waals surface area contributed by atoms with Crippen LogP contribution >= 0.6 is 0 Å². The first-order chi connectivity index (χ1) is 10.2. The Morgan fingerprint density at radius 1 is 1.24 bits per heavy atom. The van der Waals surface area contributed by atoms with E-state index in [0.29, 0.717) is 6.54 Å². The molecule has 0 unspecified atom stereocenters. The van der Waals surface area contributed by atoms with Crippen LogP contribution in [-0.4, -0.2) is 22.3 Å². The number of rotatable bonds is 2. The quantitative estimate of drug-likeness (QED) is 0.922. The Morgan fingerprint density at radius 2 is 2.00 bits per heavy atom. The van der Waals surface area contributed by atoms with E-state index in [1.807, 2.05) is 0 Å². The highest BCUT2D eigenvalue weighted by atomic mass is 19.1. The molecule has 1 aliphatic heterocycles. The minimum absolute atomic E-state index is 0.0993. The normalized spacial score (nSPS) is 18.0. The van der Waals surface area contributed by atoms with Crippen molar-refractivity contribution in [2.24, 2.45) is 0 Å². The maximum atomic E-state index is 13.0. The number of nitrogens with one attached hydrogen (secondary N) is 1. The molecule has 1 N–H and O–H groups in total. The van der Waals surface area contributed by atoms with Crippen molar-refractivity contribution in [2.45, 2.75) is 18.9 Å². The fraction of sp³-hybridized carbons (Fsp3) is 0.250. The minimum Gasteiger partial charge on any atom is -0.331 e. The molecule has 0 saturated carbocycles. The van der Waals surface area contributed by atoms with Crippen molar-refractivity contribution in [2.75, 3.05) is 6.54 Å². The Hall–Kier alpha value is -2.43. The summed E-state index contributed by atoms with van der Waals surface area (Å²) in [7, 11) is 0. The van der Waals surface area contributed by atoms with Crippen LogP contribution in [0.1, 0.15) is 34.8 Å². The van der Waals surface area contributed by atoms with Crippen LogP contribution in [0.15, 0.2) is 47.4 Å². The Balaban J connectivity index is 1.91. The molecular formula is C16H15FN2O2. The van der Waals surface area contributed by atoms with Crippen LogP contribution in [0.4, 0.5) is 4.39 Å². The van der Waals surface area contributed by atoms with Crippen LogP contribution in [0.2, 0.25) is 0 Å². The maximum absolute atomic E-state index is 13.0. The number of H-pyrrole nitrogens is 1. The topological polar surface area (TPSA) is 53.2 Å². The molecule has 0 spiro atoms. The highest BCUT2D eigenvalue weighted by Gasteiger charge is 2.31. The molecule has 0 aliphatic carbocycles. The molecule has 1 aromatic heterocycles. The second-order valence-corrected chi connectivity index (χ2v) is 5.12. The van der Waals surface area contributed by atoms with Crippen LogP contribution in [0.25, 0.3) is 0 Å². The van der Waals surface area contributed by atoms with Crippen LogP contribution in [0, 0.1) is 5.82 Å². The summed E-state index contributed by atoms with van der Waals surface area (Å²) in [6, 6.07) is 9.25. The van der Waals surface area contributed by atoms with E-state index in [1.54, 1.807) is 23.1 Å². The molecule has 3 rings (SSSR count). The molecule has 21 heavy (non-hydrogen) atoms. The summed E-state index contributed by atoms with van der Waals surface area (Å²) in [4.78, 5) is 28.5. The van der Waals surface area contributed by atoms with Gasteiger partial charge in [-0.3, -0.25) is 9.59 Å². The fourth-order valence-electron chi connectivity index (χ4n) is 2.79. The number of halogens is 1. The Morgan fingerprint density at radius 3 is 2.71 bits per heavy atom. The SMILES string of the molecule is O=C(c1ccc[nH]c1=O)N1CCC[C@H]1c1ccc(F)cc1. The summed E-state index contributed by atoms with van der Waals surface area (Å²) < 4.78 is 13.0. The maximum Gasteiger partial charge on any atom is 0.260 e. The molecule has 1 saturated heterocycles. The summed E-state index contributed by atoms with van der Waals surface area (Å²) >= 11 is 0. The number of carbonyl (C=O) groups is 1. The van der Waals surface area contributed by atoms with Crippen LogP contribution in [0.3, 0.4) is 0 Å². The first-order valence-corrected chi connectivity index (χ1v) is 6.91. The van der Waals surface area contributed by atoms with Gasteiger partial charge in [-0.2, -0.15) is 0 Å². The number of likely N-dealkylation sites (tertiary alicyclic amines) is 1. The molecule has 1 aromatic carbocycles. The van der Waals surface area contributed by atoms with Crippen molar-refractivity contribution in [3.63, 3.8) is 0 Å². The molecule has 1 aliphatic rings. The van der Waals surface area contributed by atoms with Gasteiger partial charge < -0.3 is 9.88 Å². The van der Waals surface area contributed by atoms with E-state index >= 15 is 0 Å². The number of hydrogen-bond donors (Lipinski definition) is 1. The summed E-state index contributed by atoms with van der Waals surface area (Å²) in [5.74, 6) is -0.571. The zero-order chi connectivity index (χ0) is 14.8. The van der Waals surface area contributed by atoms with E-state index in [1.165, 1.54) is 24.4 Å². The summed E-state index contributed by atoms with van der Waals surface area (Å²) in [6.07, 6.45) is 3.20. The zero-order valence-corrected chi connectivity index (χ0v) is 11.4. The van der Waals surface area contributed by atoms with Gasteiger partial charge in [-0.15, -0.1) is 0 Å².